The fourth-order valence-corrected chi connectivity index (χ4v) is 5.61. The summed E-state index contributed by atoms with van der Waals surface area (Å²) in [5, 5.41) is 3.32. The zero-order valence-corrected chi connectivity index (χ0v) is 15.9. The molecule has 6 rings (SSSR count). The quantitative estimate of drug-likeness (QED) is 0.617. The zero-order chi connectivity index (χ0) is 18.9. The lowest BCUT2D eigenvalue weighted by Gasteiger charge is -2.37. The summed E-state index contributed by atoms with van der Waals surface area (Å²) in [6.45, 7) is 0.101. The fourth-order valence-electron chi connectivity index (χ4n) is 5.27. The number of allylic oxidation sites excluding steroid dienone is 2. The second kappa shape index (κ2) is 6.08. The number of nitrogens with zero attached hydrogens (tertiary/aromatic N) is 1. The molecule has 1 heterocycles. The molecule has 2 saturated carbocycles. The Bertz CT molecular complexity index is 863. The minimum absolute atomic E-state index is 0.0371. The van der Waals surface area contributed by atoms with E-state index in [0.29, 0.717) is 22.5 Å². The van der Waals surface area contributed by atoms with Gasteiger partial charge in [0.2, 0.25) is 17.7 Å². The predicted octanol–water partition coefficient (Wildman–Crippen LogP) is 3.38. The van der Waals surface area contributed by atoms with Crippen molar-refractivity contribution in [3.63, 3.8) is 0 Å². The second-order valence-electron chi connectivity index (χ2n) is 7.88. The Morgan fingerprint density at radius 3 is 2.33 bits per heavy atom. The molecule has 0 radical (unpaired) electrons. The Morgan fingerprint density at radius 2 is 1.70 bits per heavy atom. The van der Waals surface area contributed by atoms with Crippen LogP contribution in [-0.2, 0) is 14.4 Å². The normalized spacial score (nSPS) is 35.3. The molecule has 0 unspecified atom stereocenters. The zero-order valence-electron chi connectivity index (χ0n) is 14.4. The van der Waals surface area contributed by atoms with Gasteiger partial charge in [-0.1, -0.05) is 41.4 Å². The van der Waals surface area contributed by atoms with E-state index in [9.17, 15) is 14.4 Å². The van der Waals surface area contributed by atoms with Gasteiger partial charge in [-0.3, -0.25) is 19.3 Å². The van der Waals surface area contributed by atoms with Crippen LogP contribution in [0.15, 0.2) is 30.4 Å². The van der Waals surface area contributed by atoms with Gasteiger partial charge >= 0.3 is 0 Å². The Labute approximate surface area is 166 Å². The molecule has 4 aliphatic carbocycles. The van der Waals surface area contributed by atoms with E-state index in [0.717, 1.165) is 6.42 Å². The molecule has 27 heavy (non-hydrogen) atoms. The van der Waals surface area contributed by atoms with E-state index in [1.54, 1.807) is 18.2 Å². The van der Waals surface area contributed by atoms with Gasteiger partial charge in [0.25, 0.3) is 0 Å². The smallest absolute Gasteiger partial charge is 0.233 e. The molecule has 0 aromatic heterocycles. The van der Waals surface area contributed by atoms with E-state index in [-0.39, 0.29) is 59.4 Å². The standard InChI is InChI=1S/C20H18Cl2N2O3/c21-13-2-1-3-14(18(13)22)23-15(25)6-7-24-19(26)16-9-4-5-10(12-8-11(9)12)17(16)20(24)27/h1-5,9-12,16-17H,6-8H2,(H,23,25)/t9-,10-,11-,12+,16-,17+/m0/s1. The number of hydrogen-bond acceptors (Lipinski definition) is 3. The molecule has 2 bridgehead atoms. The maximum Gasteiger partial charge on any atom is 0.233 e. The third-order valence-corrected chi connectivity index (χ3v) is 7.36. The van der Waals surface area contributed by atoms with Crippen LogP contribution in [0.3, 0.4) is 0 Å². The van der Waals surface area contributed by atoms with Gasteiger partial charge in [0.05, 0.1) is 27.6 Å². The van der Waals surface area contributed by atoms with Crippen LogP contribution in [0.4, 0.5) is 5.69 Å². The molecular weight excluding hydrogens is 387 g/mol. The molecule has 6 atom stereocenters. The minimum Gasteiger partial charge on any atom is -0.325 e. The van der Waals surface area contributed by atoms with Crippen LogP contribution >= 0.6 is 23.2 Å². The van der Waals surface area contributed by atoms with Crippen LogP contribution in [0.1, 0.15) is 12.8 Å². The van der Waals surface area contributed by atoms with Crippen molar-refractivity contribution >= 4 is 46.6 Å². The maximum atomic E-state index is 12.9. The van der Waals surface area contributed by atoms with Crippen molar-refractivity contribution in [3.05, 3.63) is 40.4 Å². The van der Waals surface area contributed by atoms with Crippen molar-refractivity contribution in [2.45, 2.75) is 12.8 Å². The van der Waals surface area contributed by atoms with Gasteiger partial charge in [0.1, 0.15) is 0 Å². The maximum absolute atomic E-state index is 12.9. The van der Waals surface area contributed by atoms with Crippen molar-refractivity contribution in [1.29, 1.82) is 0 Å². The van der Waals surface area contributed by atoms with Crippen LogP contribution in [0.2, 0.25) is 10.0 Å². The van der Waals surface area contributed by atoms with E-state index in [1.807, 2.05) is 0 Å². The molecule has 3 amide bonds. The molecular formula is C20H18Cl2N2O3. The predicted molar refractivity (Wildman–Crippen MR) is 101 cm³/mol. The molecule has 1 aliphatic heterocycles. The molecule has 140 valence electrons. The molecule has 1 saturated heterocycles. The molecule has 0 spiro atoms. The minimum atomic E-state index is -0.307. The van der Waals surface area contributed by atoms with Gasteiger partial charge < -0.3 is 5.32 Å². The summed E-state index contributed by atoms with van der Waals surface area (Å²) < 4.78 is 0. The Kier molecular flexibility index (Phi) is 3.89. The van der Waals surface area contributed by atoms with Crippen LogP contribution in [-0.4, -0.2) is 29.2 Å². The highest BCUT2D eigenvalue weighted by Gasteiger charge is 2.66. The van der Waals surface area contributed by atoms with Crippen molar-refractivity contribution in [3.8, 4) is 0 Å². The summed E-state index contributed by atoms with van der Waals surface area (Å²) in [6.07, 6.45) is 5.46. The topological polar surface area (TPSA) is 66.5 Å². The molecule has 5 aliphatic rings. The van der Waals surface area contributed by atoms with Crippen LogP contribution in [0.5, 0.6) is 0 Å². The number of nitrogens with one attached hydrogen (secondary N) is 1. The molecule has 1 aromatic carbocycles. The Balaban J connectivity index is 1.26. The molecule has 7 heteroatoms. The lowest BCUT2D eigenvalue weighted by Crippen LogP contribution is -2.40. The first-order valence-electron chi connectivity index (χ1n) is 9.25. The van der Waals surface area contributed by atoms with Gasteiger partial charge in [-0.15, -0.1) is 0 Å². The molecule has 3 fully saturated rings. The first-order chi connectivity index (χ1) is 13.0. The summed E-state index contributed by atoms with van der Waals surface area (Å²) >= 11 is 12.0. The number of amides is 3. The largest absolute Gasteiger partial charge is 0.325 e. The number of imide groups is 1. The van der Waals surface area contributed by atoms with E-state index in [1.165, 1.54) is 4.90 Å². The fraction of sp³-hybridized carbons (Fsp3) is 0.450. The van der Waals surface area contributed by atoms with Crippen molar-refractivity contribution in [2.24, 2.45) is 35.5 Å². The van der Waals surface area contributed by atoms with Gasteiger partial charge in [0.15, 0.2) is 0 Å². The lowest BCUT2D eigenvalue weighted by atomic mass is 9.63. The number of rotatable bonds is 4. The molecule has 1 N–H and O–H groups in total. The van der Waals surface area contributed by atoms with Crippen LogP contribution < -0.4 is 5.32 Å². The van der Waals surface area contributed by atoms with Crippen molar-refractivity contribution in [1.82, 2.24) is 4.90 Å². The lowest BCUT2D eigenvalue weighted by molar-refractivity contribution is -0.140. The number of hydrogen-bond donors (Lipinski definition) is 1. The van der Waals surface area contributed by atoms with Gasteiger partial charge in [-0.2, -0.15) is 0 Å². The van der Waals surface area contributed by atoms with E-state index < -0.39 is 0 Å². The third-order valence-electron chi connectivity index (χ3n) is 6.54. The summed E-state index contributed by atoms with van der Waals surface area (Å²) in [7, 11) is 0. The monoisotopic (exact) mass is 404 g/mol. The van der Waals surface area contributed by atoms with E-state index in [4.69, 9.17) is 23.2 Å². The number of halogens is 2. The highest BCUT2D eigenvalue weighted by molar-refractivity contribution is 6.44. The highest BCUT2D eigenvalue weighted by atomic mass is 35.5. The SMILES string of the molecule is O=C(CCN1C(=O)[C@@H]2[C@H]3C=C[C@@H]([C@@H]4C[C@H]34)[C@@H]2C1=O)Nc1cccc(Cl)c1Cl. The van der Waals surface area contributed by atoms with Crippen LogP contribution in [0.25, 0.3) is 0 Å². The summed E-state index contributed by atoms with van der Waals surface area (Å²) in [5.41, 5.74) is 0.421. The Morgan fingerprint density at radius 1 is 1.07 bits per heavy atom. The van der Waals surface area contributed by atoms with Gasteiger partial charge in [0, 0.05) is 13.0 Å². The van der Waals surface area contributed by atoms with Crippen molar-refractivity contribution in [2.75, 3.05) is 11.9 Å². The number of anilines is 1. The van der Waals surface area contributed by atoms with Gasteiger partial charge in [-0.05, 0) is 42.2 Å². The summed E-state index contributed by atoms with van der Waals surface area (Å²) in [6, 6.07) is 4.98. The first kappa shape index (κ1) is 17.3. The van der Waals surface area contributed by atoms with E-state index in [2.05, 4.69) is 17.5 Å². The average molecular weight is 405 g/mol. The highest BCUT2D eigenvalue weighted by Crippen LogP contribution is 2.65. The molecule has 5 nitrogen and oxygen atoms in total. The second-order valence-corrected chi connectivity index (χ2v) is 8.67. The number of carbonyl (C=O) groups excluding carboxylic acids is 3. The van der Waals surface area contributed by atoms with E-state index >= 15 is 0 Å². The number of benzene rings is 1. The third kappa shape index (κ3) is 2.55. The summed E-state index contributed by atoms with van der Waals surface area (Å²) in [5.74, 6) is 0.585. The average Bonchev–Trinajstić information content (AvgIpc) is 3.43. The molecule has 1 aromatic rings. The van der Waals surface area contributed by atoms with Crippen molar-refractivity contribution < 1.29 is 14.4 Å². The number of carbonyl (C=O) groups is 3. The number of likely N-dealkylation sites (tertiary alicyclic amines) is 1. The van der Waals surface area contributed by atoms with Gasteiger partial charge in [-0.25, -0.2) is 0 Å². The van der Waals surface area contributed by atoms with Crippen LogP contribution in [0, 0.1) is 35.5 Å². The first-order valence-corrected chi connectivity index (χ1v) is 10.0. The Hall–Kier alpha value is -1.85. The summed E-state index contributed by atoms with van der Waals surface area (Å²) in [4.78, 5) is 39.3.